The summed E-state index contributed by atoms with van der Waals surface area (Å²) in [5.41, 5.74) is 0. The second kappa shape index (κ2) is 11.4. The number of hydrogen-bond donors (Lipinski definition) is 0. The molecule has 1 aliphatic rings. The molecule has 0 spiro atoms. The SMILES string of the molecule is CCCCCC[C@@H](C)CCCC1SCSC1CCC. The fourth-order valence-corrected chi connectivity index (χ4v) is 6.60. The molecular weight excluding hydrogens is 268 g/mol. The van der Waals surface area contributed by atoms with Gasteiger partial charge in [-0.3, -0.25) is 0 Å². The first kappa shape index (κ1) is 17.8. The van der Waals surface area contributed by atoms with Crippen LogP contribution in [0.25, 0.3) is 0 Å². The minimum atomic E-state index is 0.959. The molecule has 114 valence electrons. The summed E-state index contributed by atoms with van der Waals surface area (Å²) in [4.78, 5) is 0. The topological polar surface area (TPSA) is 0 Å². The van der Waals surface area contributed by atoms with Gasteiger partial charge in [0.2, 0.25) is 0 Å². The number of rotatable bonds is 11. The summed E-state index contributed by atoms with van der Waals surface area (Å²) in [6.07, 6.45) is 14.4. The molecule has 0 aromatic heterocycles. The van der Waals surface area contributed by atoms with Gasteiger partial charge in [0.15, 0.2) is 0 Å². The fourth-order valence-electron chi connectivity index (χ4n) is 2.98. The van der Waals surface area contributed by atoms with Gasteiger partial charge in [0.1, 0.15) is 0 Å². The van der Waals surface area contributed by atoms with E-state index in [4.69, 9.17) is 0 Å². The van der Waals surface area contributed by atoms with Crippen LogP contribution in [-0.4, -0.2) is 15.6 Å². The Bertz CT molecular complexity index is 205. The van der Waals surface area contributed by atoms with Crippen molar-refractivity contribution in [3.63, 3.8) is 0 Å². The standard InChI is InChI=1S/C17H34S2/c1-4-6-7-8-11-15(3)12-9-13-17-16(10-5-2)18-14-19-17/h15-17H,4-14H2,1-3H3/t15-,16?,17?/m1/s1. The van der Waals surface area contributed by atoms with Gasteiger partial charge in [0.25, 0.3) is 0 Å². The minimum absolute atomic E-state index is 0.959. The maximum Gasteiger partial charge on any atom is 0.0398 e. The lowest BCUT2D eigenvalue weighted by Crippen LogP contribution is -2.15. The molecule has 0 aromatic carbocycles. The Morgan fingerprint density at radius 2 is 1.53 bits per heavy atom. The first-order chi connectivity index (χ1) is 9.27. The average molecular weight is 303 g/mol. The molecule has 0 aliphatic carbocycles. The van der Waals surface area contributed by atoms with E-state index in [1.165, 1.54) is 69.3 Å². The molecule has 19 heavy (non-hydrogen) atoms. The molecule has 0 saturated carbocycles. The van der Waals surface area contributed by atoms with Gasteiger partial charge in [-0.05, 0) is 18.8 Å². The van der Waals surface area contributed by atoms with Crippen molar-refractivity contribution in [1.29, 1.82) is 0 Å². The lowest BCUT2D eigenvalue weighted by atomic mass is 9.96. The molecule has 0 nitrogen and oxygen atoms in total. The number of thioether (sulfide) groups is 2. The molecule has 2 heteroatoms. The van der Waals surface area contributed by atoms with Crippen LogP contribution in [0.5, 0.6) is 0 Å². The van der Waals surface area contributed by atoms with E-state index in [9.17, 15) is 0 Å². The van der Waals surface area contributed by atoms with Crippen molar-refractivity contribution in [2.45, 2.75) is 95.5 Å². The molecular formula is C17H34S2. The molecule has 1 fully saturated rings. The highest BCUT2D eigenvalue weighted by Crippen LogP contribution is 2.41. The zero-order valence-corrected chi connectivity index (χ0v) is 15.0. The summed E-state index contributed by atoms with van der Waals surface area (Å²) in [6, 6.07) is 0. The average Bonchev–Trinajstić information content (AvgIpc) is 2.83. The van der Waals surface area contributed by atoms with Crippen LogP contribution in [0.3, 0.4) is 0 Å². The van der Waals surface area contributed by atoms with E-state index in [2.05, 4.69) is 44.3 Å². The van der Waals surface area contributed by atoms with E-state index in [1.807, 2.05) is 0 Å². The minimum Gasteiger partial charge on any atom is -0.146 e. The monoisotopic (exact) mass is 302 g/mol. The van der Waals surface area contributed by atoms with Gasteiger partial charge in [-0.2, -0.15) is 0 Å². The Kier molecular flexibility index (Phi) is 10.6. The van der Waals surface area contributed by atoms with Crippen molar-refractivity contribution in [3.05, 3.63) is 0 Å². The Labute approximate surface area is 130 Å². The molecule has 0 radical (unpaired) electrons. The van der Waals surface area contributed by atoms with E-state index < -0.39 is 0 Å². The molecule has 0 amide bonds. The first-order valence-corrected chi connectivity index (χ1v) is 10.6. The predicted octanol–water partition coefficient (Wildman–Crippen LogP) is 6.74. The van der Waals surface area contributed by atoms with Crippen LogP contribution in [-0.2, 0) is 0 Å². The van der Waals surface area contributed by atoms with Crippen molar-refractivity contribution in [3.8, 4) is 0 Å². The quantitative estimate of drug-likeness (QED) is 0.388. The third kappa shape index (κ3) is 7.90. The zero-order chi connectivity index (χ0) is 13.9. The number of unbranched alkanes of at least 4 members (excludes halogenated alkanes) is 3. The van der Waals surface area contributed by atoms with Crippen molar-refractivity contribution >= 4 is 23.5 Å². The van der Waals surface area contributed by atoms with Gasteiger partial charge in [0, 0.05) is 15.6 Å². The number of hydrogen-bond acceptors (Lipinski definition) is 2. The van der Waals surface area contributed by atoms with E-state index in [-0.39, 0.29) is 0 Å². The van der Waals surface area contributed by atoms with Gasteiger partial charge >= 0.3 is 0 Å². The van der Waals surface area contributed by atoms with Crippen LogP contribution >= 0.6 is 23.5 Å². The maximum atomic E-state index is 2.46. The first-order valence-electron chi connectivity index (χ1n) is 8.51. The second-order valence-electron chi connectivity index (χ2n) is 6.20. The smallest absolute Gasteiger partial charge is 0.0398 e. The Balaban J connectivity index is 2.02. The van der Waals surface area contributed by atoms with Crippen molar-refractivity contribution in [1.82, 2.24) is 0 Å². The largest absolute Gasteiger partial charge is 0.146 e. The van der Waals surface area contributed by atoms with E-state index in [0.717, 1.165) is 16.4 Å². The summed E-state index contributed by atoms with van der Waals surface area (Å²) >= 11 is 4.45. The lowest BCUT2D eigenvalue weighted by Gasteiger charge is -2.18. The van der Waals surface area contributed by atoms with Gasteiger partial charge in [0.05, 0.1) is 0 Å². The highest BCUT2D eigenvalue weighted by Gasteiger charge is 2.27. The zero-order valence-electron chi connectivity index (χ0n) is 13.3. The summed E-state index contributed by atoms with van der Waals surface area (Å²) in [6.45, 7) is 7.10. The van der Waals surface area contributed by atoms with Crippen LogP contribution in [0.2, 0.25) is 0 Å². The Hall–Kier alpha value is 0.700. The third-order valence-corrected chi connectivity index (χ3v) is 7.53. The van der Waals surface area contributed by atoms with Crippen molar-refractivity contribution in [2.24, 2.45) is 5.92 Å². The van der Waals surface area contributed by atoms with Crippen molar-refractivity contribution < 1.29 is 0 Å². The summed E-state index contributed by atoms with van der Waals surface area (Å²) in [7, 11) is 0. The fraction of sp³-hybridized carbons (Fsp3) is 1.00. The van der Waals surface area contributed by atoms with Crippen molar-refractivity contribution in [2.75, 3.05) is 5.08 Å². The molecule has 2 unspecified atom stereocenters. The van der Waals surface area contributed by atoms with Gasteiger partial charge in [-0.25, -0.2) is 0 Å². The molecule has 0 bridgehead atoms. The van der Waals surface area contributed by atoms with E-state index >= 15 is 0 Å². The molecule has 1 heterocycles. The maximum absolute atomic E-state index is 2.46. The molecule has 0 aromatic rings. The second-order valence-corrected chi connectivity index (χ2v) is 9.02. The molecule has 1 saturated heterocycles. The van der Waals surface area contributed by atoms with E-state index in [1.54, 1.807) is 0 Å². The molecule has 1 aliphatic heterocycles. The summed E-state index contributed by atoms with van der Waals surface area (Å²) in [5.74, 6) is 0.959. The summed E-state index contributed by atoms with van der Waals surface area (Å²) in [5, 5.41) is 3.29. The predicted molar refractivity (Wildman–Crippen MR) is 94.3 cm³/mol. The van der Waals surface area contributed by atoms with Gasteiger partial charge in [-0.1, -0.05) is 72.1 Å². The van der Waals surface area contributed by atoms with Gasteiger partial charge < -0.3 is 0 Å². The highest BCUT2D eigenvalue weighted by atomic mass is 32.2. The normalized spacial score (nSPS) is 24.8. The molecule has 3 atom stereocenters. The third-order valence-electron chi connectivity index (χ3n) is 4.29. The lowest BCUT2D eigenvalue weighted by molar-refractivity contribution is 0.437. The van der Waals surface area contributed by atoms with Crippen LogP contribution in [0, 0.1) is 5.92 Å². The van der Waals surface area contributed by atoms with Crippen LogP contribution < -0.4 is 0 Å². The van der Waals surface area contributed by atoms with Crippen LogP contribution in [0.1, 0.15) is 85.0 Å². The van der Waals surface area contributed by atoms with Crippen LogP contribution in [0.15, 0.2) is 0 Å². The molecule has 0 N–H and O–H groups in total. The Morgan fingerprint density at radius 1 is 0.842 bits per heavy atom. The van der Waals surface area contributed by atoms with Crippen LogP contribution in [0.4, 0.5) is 0 Å². The highest BCUT2D eigenvalue weighted by molar-refractivity contribution is 8.19. The molecule has 1 rings (SSSR count). The summed E-state index contributed by atoms with van der Waals surface area (Å²) < 4.78 is 0. The van der Waals surface area contributed by atoms with Gasteiger partial charge in [-0.15, -0.1) is 23.5 Å². The Morgan fingerprint density at radius 3 is 2.21 bits per heavy atom. The van der Waals surface area contributed by atoms with E-state index in [0.29, 0.717) is 0 Å².